The third kappa shape index (κ3) is 2.63. The molecule has 84 valence electrons. The SMILES string of the molecule is Cc1cc(NC(=O)NCc2ccoc2)no1. The molecule has 2 amide bonds. The number of amides is 2. The molecule has 0 aromatic carbocycles. The van der Waals surface area contributed by atoms with Crippen LogP contribution in [0.5, 0.6) is 0 Å². The summed E-state index contributed by atoms with van der Waals surface area (Å²) in [6.07, 6.45) is 3.12. The maximum Gasteiger partial charge on any atom is 0.320 e. The molecule has 0 radical (unpaired) electrons. The molecule has 2 aromatic heterocycles. The molecule has 0 aliphatic rings. The number of carbonyl (C=O) groups is 1. The molecular weight excluding hydrogens is 210 g/mol. The standard InChI is InChI=1S/C10H11N3O3/c1-7-4-9(13-16-7)12-10(14)11-5-8-2-3-15-6-8/h2-4,6H,5H2,1H3,(H2,11,12,13,14). The van der Waals surface area contributed by atoms with Crippen molar-refractivity contribution in [3.63, 3.8) is 0 Å². The number of urea groups is 1. The first-order valence-electron chi connectivity index (χ1n) is 4.73. The summed E-state index contributed by atoms with van der Waals surface area (Å²) in [7, 11) is 0. The summed E-state index contributed by atoms with van der Waals surface area (Å²) in [6.45, 7) is 2.15. The van der Waals surface area contributed by atoms with Crippen LogP contribution in [0, 0.1) is 6.92 Å². The Morgan fingerprint density at radius 1 is 1.56 bits per heavy atom. The predicted octanol–water partition coefficient (Wildman–Crippen LogP) is 1.90. The second kappa shape index (κ2) is 4.52. The van der Waals surface area contributed by atoms with Gasteiger partial charge in [-0.15, -0.1) is 0 Å². The number of anilines is 1. The van der Waals surface area contributed by atoms with Gasteiger partial charge in [0.05, 0.1) is 12.5 Å². The molecule has 0 aliphatic carbocycles. The smallest absolute Gasteiger partial charge is 0.320 e. The first-order valence-corrected chi connectivity index (χ1v) is 4.73. The Morgan fingerprint density at radius 3 is 3.06 bits per heavy atom. The highest BCUT2D eigenvalue weighted by atomic mass is 16.5. The summed E-state index contributed by atoms with van der Waals surface area (Å²) in [5, 5.41) is 8.83. The van der Waals surface area contributed by atoms with Crippen molar-refractivity contribution in [2.45, 2.75) is 13.5 Å². The van der Waals surface area contributed by atoms with E-state index in [1.807, 2.05) is 0 Å². The van der Waals surface area contributed by atoms with Crippen molar-refractivity contribution in [1.82, 2.24) is 10.5 Å². The van der Waals surface area contributed by atoms with E-state index in [0.29, 0.717) is 18.1 Å². The Labute approximate surface area is 91.6 Å². The van der Waals surface area contributed by atoms with Crippen LogP contribution in [0.2, 0.25) is 0 Å². The van der Waals surface area contributed by atoms with Crippen LogP contribution >= 0.6 is 0 Å². The average Bonchev–Trinajstić information content (AvgIpc) is 2.87. The van der Waals surface area contributed by atoms with Gasteiger partial charge in [0, 0.05) is 18.2 Å². The predicted molar refractivity (Wildman–Crippen MR) is 55.8 cm³/mol. The van der Waals surface area contributed by atoms with E-state index in [9.17, 15) is 4.79 Å². The van der Waals surface area contributed by atoms with E-state index in [4.69, 9.17) is 8.94 Å². The number of nitrogens with zero attached hydrogens (tertiary/aromatic N) is 1. The van der Waals surface area contributed by atoms with E-state index in [1.165, 1.54) is 0 Å². The number of furan rings is 1. The number of hydrogen-bond donors (Lipinski definition) is 2. The number of nitrogens with one attached hydrogen (secondary N) is 2. The van der Waals surface area contributed by atoms with Crippen molar-refractivity contribution in [2.75, 3.05) is 5.32 Å². The molecule has 6 nitrogen and oxygen atoms in total. The summed E-state index contributed by atoms with van der Waals surface area (Å²) in [5.74, 6) is 1.03. The highest BCUT2D eigenvalue weighted by molar-refractivity contribution is 5.88. The molecule has 2 rings (SSSR count). The molecule has 0 unspecified atom stereocenters. The summed E-state index contributed by atoms with van der Waals surface area (Å²) in [6, 6.07) is 3.08. The minimum atomic E-state index is -0.338. The van der Waals surface area contributed by atoms with Gasteiger partial charge in [0.1, 0.15) is 5.76 Å². The zero-order valence-electron chi connectivity index (χ0n) is 8.69. The Hall–Kier alpha value is -2.24. The number of carbonyl (C=O) groups excluding carboxylic acids is 1. The molecule has 2 aromatic rings. The third-order valence-corrected chi connectivity index (χ3v) is 1.90. The lowest BCUT2D eigenvalue weighted by molar-refractivity contribution is 0.251. The minimum Gasteiger partial charge on any atom is -0.472 e. The van der Waals surface area contributed by atoms with E-state index in [-0.39, 0.29) is 6.03 Å². The minimum absolute atomic E-state index is 0.338. The lowest BCUT2D eigenvalue weighted by Gasteiger charge is -2.02. The van der Waals surface area contributed by atoms with E-state index in [2.05, 4.69) is 15.8 Å². The summed E-state index contributed by atoms with van der Waals surface area (Å²) in [5.41, 5.74) is 0.895. The first kappa shape index (κ1) is 10.3. The van der Waals surface area contributed by atoms with Crippen LogP contribution in [0.15, 0.2) is 33.6 Å². The van der Waals surface area contributed by atoms with Crippen molar-refractivity contribution in [2.24, 2.45) is 0 Å². The fraction of sp³-hybridized carbons (Fsp3) is 0.200. The summed E-state index contributed by atoms with van der Waals surface area (Å²) in [4.78, 5) is 11.4. The van der Waals surface area contributed by atoms with Crippen molar-refractivity contribution in [1.29, 1.82) is 0 Å². The second-order valence-corrected chi connectivity index (χ2v) is 3.26. The number of hydrogen-bond acceptors (Lipinski definition) is 4. The molecule has 0 saturated heterocycles. The monoisotopic (exact) mass is 221 g/mol. The number of rotatable bonds is 3. The maximum absolute atomic E-state index is 11.4. The van der Waals surface area contributed by atoms with E-state index in [1.54, 1.807) is 31.6 Å². The number of aryl methyl sites for hydroxylation is 1. The number of aromatic nitrogens is 1. The quantitative estimate of drug-likeness (QED) is 0.829. The fourth-order valence-electron chi connectivity index (χ4n) is 1.16. The molecule has 0 atom stereocenters. The van der Waals surface area contributed by atoms with Crippen molar-refractivity contribution >= 4 is 11.8 Å². The Kier molecular flexibility index (Phi) is 2.90. The van der Waals surface area contributed by atoms with Crippen LogP contribution in [0.4, 0.5) is 10.6 Å². The van der Waals surface area contributed by atoms with Gasteiger partial charge in [0.15, 0.2) is 5.82 Å². The zero-order chi connectivity index (χ0) is 11.4. The first-order chi connectivity index (χ1) is 7.74. The van der Waals surface area contributed by atoms with Crippen molar-refractivity contribution < 1.29 is 13.7 Å². The van der Waals surface area contributed by atoms with Gasteiger partial charge in [-0.2, -0.15) is 0 Å². The van der Waals surface area contributed by atoms with Crippen LogP contribution in [0.1, 0.15) is 11.3 Å². The molecule has 2 heterocycles. The van der Waals surface area contributed by atoms with E-state index >= 15 is 0 Å². The molecule has 0 aliphatic heterocycles. The molecule has 2 N–H and O–H groups in total. The van der Waals surface area contributed by atoms with Gasteiger partial charge in [0.2, 0.25) is 0 Å². The highest BCUT2D eigenvalue weighted by Gasteiger charge is 2.05. The topological polar surface area (TPSA) is 80.3 Å². The normalized spacial score (nSPS) is 10.1. The zero-order valence-corrected chi connectivity index (χ0v) is 8.69. The molecule has 6 heteroatoms. The Bertz CT molecular complexity index is 461. The third-order valence-electron chi connectivity index (χ3n) is 1.90. The molecule has 0 spiro atoms. The van der Waals surface area contributed by atoms with Crippen LogP contribution < -0.4 is 10.6 Å². The maximum atomic E-state index is 11.4. The summed E-state index contributed by atoms with van der Waals surface area (Å²) < 4.78 is 9.68. The molecular formula is C10H11N3O3. The lowest BCUT2D eigenvalue weighted by Crippen LogP contribution is -2.28. The molecule has 16 heavy (non-hydrogen) atoms. The Morgan fingerprint density at radius 2 is 2.44 bits per heavy atom. The van der Waals surface area contributed by atoms with E-state index in [0.717, 1.165) is 5.56 Å². The Balaban J connectivity index is 1.81. The average molecular weight is 221 g/mol. The van der Waals surface area contributed by atoms with Gasteiger partial charge in [-0.3, -0.25) is 5.32 Å². The van der Waals surface area contributed by atoms with Crippen LogP contribution in [0.25, 0.3) is 0 Å². The van der Waals surface area contributed by atoms with Crippen LogP contribution in [-0.4, -0.2) is 11.2 Å². The van der Waals surface area contributed by atoms with Crippen molar-refractivity contribution in [3.05, 3.63) is 36.0 Å². The lowest BCUT2D eigenvalue weighted by atomic mass is 10.3. The van der Waals surface area contributed by atoms with Crippen molar-refractivity contribution in [3.8, 4) is 0 Å². The molecule has 0 saturated carbocycles. The second-order valence-electron chi connectivity index (χ2n) is 3.26. The molecule has 0 bridgehead atoms. The molecule has 0 fully saturated rings. The van der Waals surface area contributed by atoms with Gasteiger partial charge < -0.3 is 14.3 Å². The van der Waals surface area contributed by atoms with Gasteiger partial charge in [-0.1, -0.05) is 5.16 Å². The fourth-order valence-corrected chi connectivity index (χ4v) is 1.16. The van der Waals surface area contributed by atoms with Crippen LogP contribution in [-0.2, 0) is 6.54 Å². The van der Waals surface area contributed by atoms with Gasteiger partial charge in [-0.05, 0) is 13.0 Å². The largest absolute Gasteiger partial charge is 0.472 e. The van der Waals surface area contributed by atoms with Crippen LogP contribution in [0.3, 0.4) is 0 Å². The van der Waals surface area contributed by atoms with E-state index < -0.39 is 0 Å². The van der Waals surface area contributed by atoms with Gasteiger partial charge in [-0.25, -0.2) is 4.79 Å². The highest BCUT2D eigenvalue weighted by Crippen LogP contribution is 2.06. The van der Waals surface area contributed by atoms with Gasteiger partial charge in [0.25, 0.3) is 0 Å². The summed E-state index contributed by atoms with van der Waals surface area (Å²) >= 11 is 0. The van der Waals surface area contributed by atoms with Gasteiger partial charge >= 0.3 is 6.03 Å².